The first kappa shape index (κ1) is 13.8. The van der Waals surface area contributed by atoms with E-state index in [0.29, 0.717) is 24.5 Å². The summed E-state index contributed by atoms with van der Waals surface area (Å²) >= 11 is 0. The molecule has 19 heavy (non-hydrogen) atoms. The van der Waals surface area contributed by atoms with E-state index >= 15 is 0 Å². The standard InChI is InChI=1S/C12H21N5O2/c1-5-18-11-15-9(13-4)14-10(16-11)17-12(3)6-7-19-8(12)2/h8H,5-7H2,1-4H3,(H2,13,14,15,16,17). The minimum atomic E-state index is -0.171. The highest BCUT2D eigenvalue weighted by Gasteiger charge is 2.37. The topological polar surface area (TPSA) is 81.2 Å². The van der Waals surface area contributed by atoms with Crippen LogP contribution in [0.5, 0.6) is 6.01 Å². The number of ether oxygens (including phenoxy) is 2. The third kappa shape index (κ3) is 3.04. The number of aromatic nitrogens is 3. The molecule has 2 N–H and O–H groups in total. The van der Waals surface area contributed by atoms with Crippen molar-refractivity contribution in [3.8, 4) is 6.01 Å². The maximum atomic E-state index is 5.59. The molecule has 1 aliphatic heterocycles. The van der Waals surface area contributed by atoms with Gasteiger partial charge < -0.3 is 20.1 Å². The fraction of sp³-hybridized carbons (Fsp3) is 0.750. The SMILES string of the molecule is CCOc1nc(NC)nc(NC2(C)CCOC2C)n1. The molecule has 0 spiro atoms. The average Bonchev–Trinajstić information content (AvgIpc) is 2.69. The molecule has 2 atom stereocenters. The summed E-state index contributed by atoms with van der Waals surface area (Å²) in [6.07, 6.45) is 1.02. The van der Waals surface area contributed by atoms with Crippen LogP contribution in [0.2, 0.25) is 0 Å². The van der Waals surface area contributed by atoms with Crippen LogP contribution in [0.3, 0.4) is 0 Å². The molecule has 2 heterocycles. The summed E-state index contributed by atoms with van der Waals surface area (Å²) in [5, 5.41) is 6.23. The summed E-state index contributed by atoms with van der Waals surface area (Å²) in [5.41, 5.74) is -0.171. The van der Waals surface area contributed by atoms with E-state index < -0.39 is 0 Å². The fourth-order valence-electron chi connectivity index (χ4n) is 1.97. The molecule has 0 bridgehead atoms. The van der Waals surface area contributed by atoms with Crippen molar-refractivity contribution in [2.45, 2.75) is 38.8 Å². The largest absolute Gasteiger partial charge is 0.464 e. The summed E-state index contributed by atoms with van der Waals surface area (Å²) in [5.74, 6) is 0.985. The Bertz CT molecular complexity index is 442. The van der Waals surface area contributed by atoms with Gasteiger partial charge in [0.1, 0.15) is 0 Å². The van der Waals surface area contributed by atoms with Crippen LogP contribution in [0, 0.1) is 0 Å². The van der Waals surface area contributed by atoms with Gasteiger partial charge in [-0.05, 0) is 27.2 Å². The van der Waals surface area contributed by atoms with Gasteiger partial charge in [0.25, 0.3) is 0 Å². The van der Waals surface area contributed by atoms with Gasteiger partial charge in [0.05, 0.1) is 18.2 Å². The third-order valence-electron chi connectivity index (χ3n) is 3.40. The first-order valence-electron chi connectivity index (χ1n) is 6.54. The van der Waals surface area contributed by atoms with Crippen molar-refractivity contribution in [2.75, 3.05) is 30.9 Å². The minimum absolute atomic E-state index is 0.109. The smallest absolute Gasteiger partial charge is 0.323 e. The molecule has 1 aliphatic rings. The summed E-state index contributed by atoms with van der Waals surface area (Å²) in [7, 11) is 1.76. The quantitative estimate of drug-likeness (QED) is 0.832. The van der Waals surface area contributed by atoms with Gasteiger partial charge in [-0.3, -0.25) is 0 Å². The molecular formula is C12H21N5O2. The first-order chi connectivity index (χ1) is 9.07. The van der Waals surface area contributed by atoms with Crippen LogP contribution in [-0.4, -0.2) is 46.9 Å². The lowest BCUT2D eigenvalue weighted by atomic mass is 9.95. The van der Waals surface area contributed by atoms with E-state index in [4.69, 9.17) is 9.47 Å². The van der Waals surface area contributed by atoms with Crippen molar-refractivity contribution in [3.63, 3.8) is 0 Å². The number of rotatable bonds is 5. The molecule has 1 aromatic rings. The first-order valence-corrected chi connectivity index (χ1v) is 6.54. The zero-order valence-electron chi connectivity index (χ0n) is 11.9. The normalized spacial score (nSPS) is 26.2. The Labute approximate surface area is 113 Å². The minimum Gasteiger partial charge on any atom is -0.464 e. The molecule has 2 unspecified atom stereocenters. The lowest BCUT2D eigenvalue weighted by Gasteiger charge is -2.28. The number of anilines is 2. The number of nitrogens with zero attached hydrogens (tertiary/aromatic N) is 3. The van der Waals surface area contributed by atoms with Crippen molar-refractivity contribution in [3.05, 3.63) is 0 Å². The predicted molar refractivity (Wildman–Crippen MR) is 72.6 cm³/mol. The van der Waals surface area contributed by atoms with Gasteiger partial charge in [-0.1, -0.05) is 0 Å². The fourth-order valence-corrected chi connectivity index (χ4v) is 1.97. The maximum absolute atomic E-state index is 5.59. The highest BCUT2D eigenvalue weighted by molar-refractivity contribution is 5.38. The van der Waals surface area contributed by atoms with Crippen LogP contribution in [0.15, 0.2) is 0 Å². The lowest BCUT2D eigenvalue weighted by Crippen LogP contribution is -2.41. The Hall–Kier alpha value is -1.63. The summed E-state index contributed by atoms with van der Waals surface area (Å²) in [6.45, 7) is 7.30. The van der Waals surface area contributed by atoms with Crippen LogP contribution in [0.4, 0.5) is 11.9 Å². The van der Waals surface area contributed by atoms with E-state index in [2.05, 4.69) is 32.5 Å². The van der Waals surface area contributed by atoms with Crippen molar-refractivity contribution in [1.29, 1.82) is 0 Å². The molecule has 1 aromatic heterocycles. The highest BCUT2D eigenvalue weighted by atomic mass is 16.5. The molecule has 1 saturated heterocycles. The molecule has 2 rings (SSSR count). The number of hydrogen-bond donors (Lipinski definition) is 2. The van der Waals surface area contributed by atoms with Crippen LogP contribution in [0.1, 0.15) is 27.2 Å². The van der Waals surface area contributed by atoms with Crippen LogP contribution in [-0.2, 0) is 4.74 Å². The van der Waals surface area contributed by atoms with E-state index in [0.717, 1.165) is 13.0 Å². The molecule has 0 saturated carbocycles. The molecule has 0 radical (unpaired) electrons. The second-order valence-electron chi connectivity index (χ2n) is 4.75. The van der Waals surface area contributed by atoms with E-state index in [-0.39, 0.29) is 11.6 Å². The molecule has 106 valence electrons. The zero-order chi connectivity index (χ0) is 13.9. The predicted octanol–water partition coefficient (Wildman–Crippen LogP) is 1.29. The second-order valence-corrected chi connectivity index (χ2v) is 4.75. The van der Waals surface area contributed by atoms with Gasteiger partial charge in [-0.15, -0.1) is 0 Å². The Morgan fingerprint density at radius 1 is 1.37 bits per heavy atom. The van der Waals surface area contributed by atoms with E-state index in [1.165, 1.54) is 0 Å². The summed E-state index contributed by atoms with van der Waals surface area (Å²) in [6, 6.07) is 0.319. The van der Waals surface area contributed by atoms with Crippen molar-refractivity contribution < 1.29 is 9.47 Å². The Morgan fingerprint density at radius 2 is 2.11 bits per heavy atom. The molecular weight excluding hydrogens is 246 g/mol. The van der Waals surface area contributed by atoms with Crippen LogP contribution >= 0.6 is 0 Å². The maximum Gasteiger partial charge on any atom is 0.323 e. The Morgan fingerprint density at radius 3 is 2.68 bits per heavy atom. The van der Waals surface area contributed by atoms with Crippen LogP contribution in [0.25, 0.3) is 0 Å². The Kier molecular flexibility index (Phi) is 4.04. The van der Waals surface area contributed by atoms with Crippen LogP contribution < -0.4 is 15.4 Å². The van der Waals surface area contributed by atoms with Gasteiger partial charge in [0, 0.05) is 13.7 Å². The molecule has 0 aromatic carbocycles. The van der Waals surface area contributed by atoms with Crippen molar-refractivity contribution in [1.82, 2.24) is 15.0 Å². The lowest BCUT2D eigenvalue weighted by molar-refractivity contribution is 0.105. The van der Waals surface area contributed by atoms with Gasteiger partial charge >= 0.3 is 6.01 Å². The molecule has 0 amide bonds. The molecule has 0 aliphatic carbocycles. The van der Waals surface area contributed by atoms with Crippen molar-refractivity contribution >= 4 is 11.9 Å². The number of hydrogen-bond acceptors (Lipinski definition) is 7. The van der Waals surface area contributed by atoms with Gasteiger partial charge in [-0.25, -0.2) is 0 Å². The number of nitrogens with one attached hydrogen (secondary N) is 2. The zero-order valence-corrected chi connectivity index (χ0v) is 11.9. The molecule has 7 nitrogen and oxygen atoms in total. The van der Waals surface area contributed by atoms with E-state index in [9.17, 15) is 0 Å². The highest BCUT2D eigenvalue weighted by Crippen LogP contribution is 2.28. The second kappa shape index (κ2) is 5.56. The van der Waals surface area contributed by atoms with Gasteiger partial charge in [0.15, 0.2) is 0 Å². The summed E-state index contributed by atoms with van der Waals surface area (Å²) < 4.78 is 10.9. The third-order valence-corrected chi connectivity index (χ3v) is 3.40. The van der Waals surface area contributed by atoms with Gasteiger partial charge in [-0.2, -0.15) is 15.0 Å². The van der Waals surface area contributed by atoms with E-state index in [1.54, 1.807) is 7.05 Å². The Balaban J connectivity index is 2.21. The molecule has 7 heteroatoms. The average molecular weight is 267 g/mol. The monoisotopic (exact) mass is 267 g/mol. The van der Waals surface area contributed by atoms with E-state index in [1.807, 2.05) is 13.8 Å². The van der Waals surface area contributed by atoms with Crippen molar-refractivity contribution in [2.24, 2.45) is 0 Å². The summed E-state index contributed by atoms with van der Waals surface area (Å²) in [4.78, 5) is 12.7. The van der Waals surface area contributed by atoms with Gasteiger partial charge in [0.2, 0.25) is 11.9 Å². The molecule has 1 fully saturated rings.